The molecule has 2 saturated heterocycles. The van der Waals surface area contributed by atoms with Gasteiger partial charge in [0.2, 0.25) is 0 Å². The highest BCUT2D eigenvalue weighted by molar-refractivity contribution is 8.01. The van der Waals surface area contributed by atoms with Crippen molar-refractivity contribution in [1.29, 1.82) is 0 Å². The number of carbonyl (C=O) groups is 3. The molecule has 0 radical (unpaired) electrons. The van der Waals surface area contributed by atoms with Gasteiger partial charge in [-0.15, -0.1) is 23.5 Å². The standard InChI is InChI=1S/C15H17FO4S.C13H15FO3S/c1-3-11-12(16)13(15(21-11)19-9(2)17)20-14(18)10-7-5-4-6-8-10;1-2-9-10(14)11(13(16)18-9)17-12(15)8-6-4-3-5-7-8/h4-8,11-13,15H,3H2,1-2H3;3-7,9-11,13,16H,2H2,1H3/t11-,12-,13-,15?;9-,10-,11-,13?/m11/s1. The number of hydrogen-bond donors (Lipinski definition) is 1. The van der Waals surface area contributed by atoms with Crippen molar-refractivity contribution in [2.75, 3.05) is 0 Å². The predicted molar refractivity (Wildman–Crippen MR) is 146 cm³/mol. The molecule has 0 saturated carbocycles. The van der Waals surface area contributed by atoms with Crippen LogP contribution >= 0.6 is 23.5 Å². The lowest BCUT2D eigenvalue weighted by Gasteiger charge is -2.20. The zero-order valence-corrected chi connectivity index (χ0v) is 23.4. The molecule has 2 aliphatic heterocycles. The van der Waals surface area contributed by atoms with E-state index in [1.807, 2.05) is 13.8 Å². The van der Waals surface area contributed by atoms with Gasteiger partial charge >= 0.3 is 17.9 Å². The fraction of sp³-hybridized carbons (Fsp3) is 0.464. The number of rotatable bonds is 7. The Morgan fingerprint density at radius 2 is 1.18 bits per heavy atom. The molecular weight excluding hydrogens is 550 g/mol. The second-order valence-electron chi connectivity index (χ2n) is 8.89. The van der Waals surface area contributed by atoms with Crippen LogP contribution in [-0.4, -0.2) is 68.9 Å². The number of hydrogen-bond acceptors (Lipinski definition) is 9. The number of ether oxygens (including phenoxy) is 3. The first-order chi connectivity index (χ1) is 18.7. The average molecular weight is 583 g/mol. The second-order valence-corrected chi connectivity index (χ2v) is 11.6. The molecule has 0 aliphatic carbocycles. The zero-order valence-electron chi connectivity index (χ0n) is 21.8. The SMILES string of the molecule is CC[C@H]1SC(O)[C@H](OC(=O)c2ccccc2)[C@@H]1F.CC[C@H]1SC(OC(C)=O)[C@H](OC(=O)c2ccccc2)[C@@H]1F. The van der Waals surface area contributed by atoms with E-state index in [-0.39, 0.29) is 10.5 Å². The molecule has 39 heavy (non-hydrogen) atoms. The van der Waals surface area contributed by atoms with Gasteiger partial charge < -0.3 is 19.3 Å². The Hall–Kier alpha value is -2.63. The molecule has 2 heterocycles. The third-order valence-corrected chi connectivity index (χ3v) is 9.17. The lowest BCUT2D eigenvalue weighted by molar-refractivity contribution is -0.147. The molecule has 2 aromatic carbocycles. The molecule has 4 rings (SSSR count). The lowest BCUT2D eigenvalue weighted by atomic mass is 10.1. The molecule has 2 unspecified atom stereocenters. The van der Waals surface area contributed by atoms with E-state index in [2.05, 4.69) is 0 Å². The minimum Gasteiger partial charge on any atom is -0.452 e. The smallest absolute Gasteiger partial charge is 0.338 e. The van der Waals surface area contributed by atoms with E-state index >= 15 is 0 Å². The van der Waals surface area contributed by atoms with Crippen molar-refractivity contribution in [1.82, 2.24) is 0 Å². The summed E-state index contributed by atoms with van der Waals surface area (Å²) in [6.07, 6.45) is -3.64. The Kier molecular flexibility index (Phi) is 11.6. The van der Waals surface area contributed by atoms with Crippen LogP contribution in [-0.2, 0) is 19.0 Å². The van der Waals surface area contributed by atoms with E-state index in [0.29, 0.717) is 24.0 Å². The monoisotopic (exact) mass is 582 g/mol. The highest BCUT2D eigenvalue weighted by atomic mass is 32.2. The second kappa shape index (κ2) is 14.7. The van der Waals surface area contributed by atoms with E-state index in [1.165, 1.54) is 18.7 Å². The van der Waals surface area contributed by atoms with Crippen LogP contribution in [0.5, 0.6) is 0 Å². The first-order valence-electron chi connectivity index (χ1n) is 12.6. The van der Waals surface area contributed by atoms with Crippen molar-refractivity contribution in [2.24, 2.45) is 0 Å². The van der Waals surface area contributed by atoms with Gasteiger partial charge in [0.1, 0.15) is 5.44 Å². The molecule has 2 fully saturated rings. The van der Waals surface area contributed by atoms with Crippen LogP contribution in [0.4, 0.5) is 8.78 Å². The van der Waals surface area contributed by atoms with Crippen molar-refractivity contribution in [3.63, 3.8) is 0 Å². The van der Waals surface area contributed by atoms with Crippen LogP contribution in [0.3, 0.4) is 0 Å². The fourth-order valence-corrected chi connectivity index (χ4v) is 6.67. The summed E-state index contributed by atoms with van der Waals surface area (Å²) in [6.45, 7) is 4.94. The van der Waals surface area contributed by atoms with Gasteiger partial charge in [-0.1, -0.05) is 50.2 Å². The number of halogens is 2. The molecule has 1 N–H and O–H groups in total. The average Bonchev–Trinajstić information content (AvgIpc) is 3.38. The van der Waals surface area contributed by atoms with E-state index in [1.54, 1.807) is 60.7 Å². The van der Waals surface area contributed by atoms with Crippen LogP contribution in [0, 0.1) is 0 Å². The minimum atomic E-state index is -1.35. The molecule has 0 bridgehead atoms. The molecule has 0 spiro atoms. The van der Waals surface area contributed by atoms with E-state index in [0.717, 1.165) is 11.8 Å². The topological polar surface area (TPSA) is 99.1 Å². The van der Waals surface area contributed by atoms with Gasteiger partial charge in [-0.3, -0.25) is 4.79 Å². The summed E-state index contributed by atoms with van der Waals surface area (Å²) in [6, 6.07) is 16.7. The Balaban J connectivity index is 0.000000218. The van der Waals surface area contributed by atoms with Crippen LogP contribution in [0.2, 0.25) is 0 Å². The lowest BCUT2D eigenvalue weighted by Crippen LogP contribution is -2.36. The maximum Gasteiger partial charge on any atom is 0.338 e. The summed E-state index contributed by atoms with van der Waals surface area (Å²) < 4.78 is 43.6. The Morgan fingerprint density at radius 3 is 1.62 bits per heavy atom. The quantitative estimate of drug-likeness (QED) is 0.342. The maximum absolute atomic E-state index is 14.3. The number of thioether (sulfide) groups is 2. The molecule has 0 amide bonds. The first kappa shape index (κ1) is 30.9. The molecular formula is C28H32F2O7S2. The number of carbonyl (C=O) groups excluding carboxylic acids is 3. The molecule has 8 atom stereocenters. The normalized spacial score (nSPS) is 29.6. The predicted octanol–water partition coefficient (Wildman–Crippen LogP) is 5.36. The summed E-state index contributed by atoms with van der Waals surface area (Å²) in [5, 5.41) is 9.05. The molecule has 7 nitrogen and oxygen atoms in total. The highest BCUT2D eigenvalue weighted by Gasteiger charge is 2.48. The zero-order chi connectivity index (χ0) is 28.5. The van der Waals surface area contributed by atoms with Gasteiger partial charge in [-0.2, -0.15) is 0 Å². The van der Waals surface area contributed by atoms with Gasteiger partial charge in [0.15, 0.2) is 30.0 Å². The van der Waals surface area contributed by atoms with Crippen molar-refractivity contribution in [3.05, 3.63) is 71.8 Å². The van der Waals surface area contributed by atoms with E-state index in [9.17, 15) is 28.3 Å². The van der Waals surface area contributed by atoms with Gasteiger partial charge in [-0.25, -0.2) is 18.4 Å². The van der Waals surface area contributed by atoms with Gasteiger partial charge in [-0.05, 0) is 37.1 Å². The number of aliphatic hydroxyl groups excluding tert-OH is 1. The van der Waals surface area contributed by atoms with Crippen LogP contribution < -0.4 is 0 Å². The third-order valence-electron chi connectivity index (χ3n) is 6.10. The largest absolute Gasteiger partial charge is 0.452 e. The van der Waals surface area contributed by atoms with Crippen molar-refractivity contribution in [3.8, 4) is 0 Å². The number of alkyl halides is 2. The van der Waals surface area contributed by atoms with Gasteiger partial charge in [0, 0.05) is 17.4 Å². The third kappa shape index (κ3) is 8.18. The van der Waals surface area contributed by atoms with Gasteiger partial charge in [0.05, 0.1) is 11.1 Å². The number of esters is 3. The van der Waals surface area contributed by atoms with Gasteiger partial charge in [0.25, 0.3) is 0 Å². The van der Waals surface area contributed by atoms with Crippen LogP contribution in [0.1, 0.15) is 54.3 Å². The molecule has 2 aliphatic rings. The van der Waals surface area contributed by atoms with E-state index in [4.69, 9.17) is 14.2 Å². The Labute approximate surface area is 235 Å². The molecule has 2 aromatic rings. The number of benzene rings is 2. The molecule has 0 aromatic heterocycles. The summed E-state index contributed by atoms with van der Waals surface area (Å²) in [4.78, 5) is 34.9. The summed E-state index contributed by atoms with van der Waals surface area (Å²) in [7, 11) is 0. The van der Waals surface area contributed by atoms with Crippen molar-refractivity contribution in [2.45, 2.75) is 79.5 Å². The van der Waals surface area contributed by atoms with E-state index < -0.39 is 53.3 Å². The minimum absolute atomic E-state index is 0.312. The first-order valence-corrected chi connectivity index (χ1v) is 14.5. The Morgan fingerprint density at radius 1 is 0.744 bits per heavy atom. The number of aliphatic hydroxyl groups is 1. The highest BCUT2D eigenvalue weighted by Crippen LogP contribution is 2.41. The van der Waals surface area contributed by atoms with Crippen LogP contribution in [0.25, 0.3) is 0 Å². The summed E-state index contributed by atoms with van der Waals surface area (Å²) in [5.41, 5.74) is -1.08. The van der Waals surface area contributed by atoms with Crippen LogP contribution in [0.15, 0.2) is 60.7 Å². The molecule has 11 heteroatoms. The Bertz CT molecular complexity index is 1090. The maximum atomic E-state index is 14.3. The fourth-order valence-electron chi connectivity index (χ4n) is 4.06. The summed E-state index contributed by atoms with van der Waals surface area (Å²) in [5.74, 6) is -1.73. The summed E-state index contributed by atoms with van der Waals surface area (Å²) >= 11 is 2.32. The van der Waals surface area contributed by atoms with Crippen molar-refractivity contribution >= 4 is 41.4 Å². The van der Waals surface area contributed by atoms with Crippen molar-refractivity contribution < 1.29 is 42.5 Å². The molecule has 212 valence electrons.